The maximum atomic E-state index is 10.9. The number of rotatable bonds is 4. The van der Waals surface area contributed by atoms with Gasteiger partial charge in [-0.1, -0.05) is 11.6 Å². The van der Waals surface area contributed by atoms with Crippen LogP contribution in [0, 0.1) is 6.92 Å². The number of nitrogens with one attached hydrogen (secondary N) is 1. The van der Waals surface area contributed by atoms with Gasteiger partial charge in [-0.3, -0.25) is 5.10 Å². The van der Waals surface area contributed by atoms with Gasteiger partial charge in [-0.15, -0.1) is 0 Å². The Hall–Kier alpha value is -2.21. The Balaban J connectivity index is 2.63. The third-order valence-electron chi connectivity index (χ3n) is 2.85. The van der Waals surface area contributed by atoms with Crippen molar-refractivity contribution in [3.8, 4) is 22.8 Å². The number of ether oxygens (including phenoxy) is 2. The quantitative estimate of drug-likeness (QED) is 0.906. The molecule has 0 radical (unpaired) electrons. The van der Waals surface area contributed by atoms with E-state index in [0.717, 1.165) is 5.56 Å². The number of carboxylic acid groups (broad SMARTS) is 1. The van der Waals surface area contributed by atoms with E-state index in [9.17, 15) is 4.79 Å². The molecule has 7 heteroatoms. The first-order chi connectivity index (χ1) is 9.49. The molecule has 0 saturated carbocycles. The van der Waals surface area contributed by atoms with Crippen molar-refractivity contribution < 1.29 is 19.4 Å². The van der Waals surface area contributed by atoms with Crippen molar-refractivity contribution in [1.82, 2.24) is 10.2 Å². The summed E-state index contributed by atoms with van der Waals surface area (Å²) in [6, 6.07) is 3.20. The van der Waals surface area contributed by atoms with Crippen LogP contribution in [0.15, 0.2) is 12.1 Å². The van der Waals surface area contributed by atoms with E-state index in [0.29, 0.717) is 27.8 Å². The number of aromatic nitrogens is 2. The SMILES string of the molecule is COc1c(C)cc(-c2cc(C(=O)O)[nH]n2)c(OC)c1Cl. The molecule has 106 valence electrons. The van der Waals surface area contributed by atoms with E-state index >= 15 is 0 Å². The molecule has 2 rings (SSSR count). The number of carbonyl (C=O) groups is 1. The molecule has 2 aromatic rings. The normalized spacial score (nSPS) is 10.4. The zero-order valence-corrected chi connectivity index (χ0v) is 11.9. The Kier molecular flexibility index (Phi) is 3.85. The minimum atomic E-state index is -1.08. The first kappa shape index (κ1) is 14.2. The third kappa shape index (κ3) is 2.30. The maximum absolute atomic E-state index is 10.9. The molecule has 1 aromatic carbocycles. The maximum Gasteiger partial charge on any atom is 0.353 e. The third-order valence-corrected chi connectivity index (χ3v) is 3.20. The van der Waals surface area contributed by atoms with Crippen LogP contribution >= 0.6 is 11.6 Å². The molecule has 20 heavy (non-hydrogen) atoms. The lowest BCUT2D eigenvalue weighted by atomic mass is 10.1. The lowest BCUT2D eigenvalue weighted by molar-refractivity contribution is 0.0690. The molecular weight excluding hydrogens is 284 g/mol. The van der Waals surface area contributed by atoms with Crippen molar-refractivity contribution in [1.29, 1.82) is 0 Å². The molecule has 0 aliphatic heterocycles. The van der Waals surface area contributed by atoms with Crippen LogP contribution in [-0.2, 0) is 0 Å². The molecule has 0 atom stereocenters. The number of H-pyrrole nitrogens is 1. The summed E-state index contributed by atoms with van der Waals surface area (Å²) >= 11 is 6.23. The number of methoxy groups -OCH3 is 2. The monoisotopic (exact) mass is 296 g/mol. The Bertz CT molecular complexity index is 667. The summed E-state index contributed by atoms with van der Waals surface area (Å²) in [4.78, 5) is 10.9. The molecule has 0 aliphatic carbocycles. The number of nitrogens with zero attached hydrogens (tertiary/aromatic N) is 1. The summed E-state index contributed by atoms with van der Waals surface area (Å²) in [6.45, 7) is 1.83. The number of hydrogen-bond acceptors (Lipinski definition) is 4. The molecule has 1 heterocycles. The van der Waals surface area contributed by atoms with E-state index in [1.165, 1.54) is 20.3 Å². The number of halogens is 1. The standard InChI is InChI=1S/C13H13ClN2O4/c1-6-4-7(8-5-9(13(17)18)16-15-8)12(20-3)10(14)11(6)19-2/h4-5H,1-3H3,(H,15,16)(H,17,18). The van der Waals surface area contributed by atoms with Gasteiger partial charge < -0.3 is 14.6 Å². The van der Waals surface area contributed by atoms with Gasteiger partial charge in [0, 0.05) is 5.56 Å². The largest absolute Gasteiger partial charge is 0.495 e. The van der Waals surface area contributed by atoms with Crippen LogP contribution in [0.5, 0.6) is 11.5 Å². The summed E-state index contributed by atoms with van der Waals surface area (Å²) < 4.78 is 10.5. The van der Waals surface area contributed by atoms with E-state index in [4.69, 9.17) is 26.2 Å². The van der Waals surface area contributed by atoms with E-state index in [2.05, 4.69) is 10.2 Å². The highest BCUT2D eigenvalue weighted by Gasteiger charge is 2.20. The summed E-state index contributed by atoms with van der Waals surface area (Å²) in [5, 5.41) is 15.7. The van der Waals surface area contributed by atoms with Gasteiger partial charge in [-0.25, -0.2) is 4.79 Å². The molecule has 0 saturated heterocycles. The van der Waals surface area contributed by atoms with E-state index < -0.39 is 5.97 Å². The lowest BCUT2D eigenvalue weighted by Gasteiger charge is -2.14. The first-order valence-corrected chi connectivity index (χ1v) is 6.07. The van der Waals surface area contributed by atoms with Crippen molar-refractivity contribution >= 4 is 17.6 Å². The zero-order valence-electron chi connectivity index (χ0n) is 11.2. The van der Waals surface area contributed by atoms with Crippen molar-refractivity contribution in [2.24, 2.45) is 0 Å². The number of benzene rings is 1. The van der Waals surface area contributed by atoms with Crippen molar-refractivity contribution in [2.75, 3.05) is 14.2 Å². The minimum Gasteiger partial charge on any atom is -0.495 e. The predicted octanol–water partition coefficient (Wildman–Crippen LogP) is 2.75. The summed E-state index contributed by atoms with van der Waals surface area (Å²) in [6.07, 6.45) is 0. The summed E-state index contributed by atoms with van der Waals surface area (Å²) in [5.41, 5.74) is 1.83. The minimum absolute atomic E-state index is 0.00773. The van der Waals surface area contributed by atoms with Gasteiger partial charge in [0.05, 0.1) is 19.9 Å². The fourth-order valence-electron chi connectivity index (χ4n) is 1.95. The Morgan fingerprint density at radius 1 is 1.30 bits per heavy atom. The van der Waals surface area contributed by atoms with E-state index in [-0.39, 0.29) is 5.69 Å². The van der Waals surface area contributed by atoms with Crippen LogP contribution in [0.3, 0.4) is 0 Å². The molecular formula is C13H13ClN2O4. The van der Waals surface area contributed by atoms with Gasteiger partial charge in [0.25, 0.3) is 0 Å². The molecule has 0 amide bonds. The van der Waals surface area contributed by atoms with Crippen LogP contribution < -0.4 is 9.47 Å². The second-order valence-corrected chi connectivity index (χ2v) is 4.47. The van der Waals surface area contributed by atoms with Crippen LogP contribution in [0.1, 0.15) is 16.1 Å². The van der Waals surface area contributed by atoms with Gasteiger partial charge in [0.15, 0.2) is 5.75 Å². The Morgan fingerprint density at radius 2 is 1.95 bits per heavy atom. The molecule has 0 aliphatic rings. The van der Waals surface area contributed by atoms with Gasteiger partial charge in [-0.05, 0) is 24.6 Å². The zero-order chi connectivity index (χ0) is 14.9. The molecule has 0 unspecified atom stereocenters. The highest BCUT2D eigenvalue weighted by Crippen LogP contribution is 2.43. The topological polar surface area (TPSA) is 84.4 Å². The molecule has 2 N–H and O–H groups in total. The summed E-state index contributed by atoms with van der Waals surface area (Å²) in [7, 11) is 2.99. The fraction of sp³-hybridized carbons (Fsp3) is 0.231. The number of carboxylic acids is 1. The Morgan fingerprint density at radius 3 is 2.45 bits per heavy atom. The number of aromatic carboxylic acids is 1. The van der Waals surface area contributed by atoms with Gasteiger partial charge in [0.1, 0.15) is 16.5 Å². The smallest absolute Gasteiger partial charge is 0.353 e. The highest BCUT2D eigenvalue weighted by molar-refractivity contribution is 6.34. The second kappa shape index (κ2) is 5.42. The van der Waals surface area contributed by atoms with Crippen LogP contribution in [-0.4, -0.2) is 35.5 Å². The Labute approximate surface area is 120 Å². The second-order valence-electron chi connectivity index (χ2n) is 4.09. The average molecular weight is 297 g/mol. The average Bonchev–Trinajstić information content (AvgIpc) is 2.88. The predicted molar refractivity (Wildman–Crippen MR) is 73.8 cm³/mol. The molecule has 0 fully saturated rings. The van der Waals surface area contributed by atoms with Crippen molar-refractivity contribution in [3.63, 3.8) is 0 Å². The van der Waals surface area contributed by atoms with Gasteiger partial charge in [0.2, 0.25) is 0 Å². The van der Waals surface area contributed by atoms with Crippen LogP contribution in [0.4, 0.5) is 0 Å². The van der Waals surface area contributed by atoms with Crippen molar-refractivity contribution in [2.45, 2.75) is 6.92 Å². The lowest BCUT2D eigenvalue weighted by Crippen LogP contribution is -1.96. The van der Waals surface area contributed by atoms with Crippen LogP contribution in [0.2, 0.25) is 5.02 Å². The first-order valence-electron chi connectivity index (χ1n) is 5.69. The number of aromatic amines is 1. The van der Waals surface area contributed by atoms with Crippen LogP contribution in [0.25, 0.3) is 11.3 Å². The van der Waals surface area contributed by atoms with E-state index in [1.807, 2.05) is 6.92 Å². The molecule has 0 bridgehead atoms. The molecule has 0 spiro atoms. The number of aryl methyl sites for hydroxylation is 1. The van der Waals surface area contributed by atoms with Gasteiger partial charge in [-0.2, -0.15) is 5.10 Å². The van der Waals surface area contributed by atoms with Gasteiger partial charge >= 0.3 is 5.97 Å². The summed E-state index contributed by atoms with van der Waals surface area (Å²) in [5.74, 6) is -0.183. The fourth-order valence-corrected chi connectivity index (χ4v) is 2.36. The van der Waals surface area contributed by atoms with Crippen molar-refractivity contribution in [3.05, 3.63) is 28.4 Å². The highest BCUT2D eigenvalue weighted by atomic mass is 35.5. The number of hydrogen-bond donors (Lipinski definition) is 2. The molecule has 6 nitrogen and oxygen atoms in total. The van der Waals surface area contributed by atoms with E-state index in [1.54, 1.807) is 6.07 Å². The molecule has 1 aromatic heterocycles.